The molecule has 3 N–H and O–H groups in total. The van der Waals surface area contributed by atoms with Crippen molar-refractivity contribution in [2.45, 2.75) is 13.0 Å². The zero-order valence-electron chi connectivity index (χ0n) is 15.2. The van der Waals surface area contributed by atoms with Crippen molar-refractivity contribution in [1.82, 2.24) is 5.32 Å². The normalized spacial score (nSPS) is 11.4. The predicted octanol–water partition coefficient (Wildman–Crippen LogP) is 2.97. The van der Waals surface area contributed by atoms with Crippen LogP contribution in [0.3, 0.4) is 0 Å². The van der Waals surface area contributed by atoms with Gasteiger partial charge in [0.25, 0.3) is 5.91 Å². The molecule has 0 aliphatic rings. The summed E-state index contributed by atoms with van der Waals surface area (Å²) in [6, 6.07) is 9.30. The monoisotopic (exact) mass is 392 g/mol. The van der Waals surface area contributed by atoms with Crippen molar-refractivity contribution >= 4 is 29.2 Å². The molecule has 27 heavy (non-hydrogen) atoms. The third-order valence-electron chi connectivity index (χ3n) is 3.85. The van der Waals surface area contributed by atoms with E-state index in [0.29, 0.717) is 16.5 Å². The number of halogens is 1. The molecule has 0 fully saturated rings. The summed E-state index contributed by atoms with van der Waals surface area (Å²) in [5.41, 5.74) is 6.80. The van der Waals surface area contributed by atoms with Gasteiger partial charge in [-0.2, -0.15) is 0 Å². The Morgan fingerprint density at radius 2 is 1.89 bits per heavy atom. The Labute approximate surface area is 162 Å². The lowest BCUT2D eigenvalue weighted by Gasteiger charge is -2.18. The van der Waals surface area contributed by atoms with E-state index in [1.165, 1.54) is 25.3 Å². The molecular weight excluding hydrogens is 372 g/mol. The van der Waals surface area contributed by atoms with Crippen LogP contribution in [0.4, 0.5) is 5.69 Å². The van der Waals surface area contributed by atoms with Gasteiger partial charge < -0.3 is 25.3 Å². The number of nitrogen functional groups attached to an aromatic ring is 1. The summed E-state index contributed by atoms with van der Waals surface area (Å²) < 4.78 is 15.5. The van der Waals surface area contributed by atoms with Gasteiger partial charge in [0.2, 0.25) is 0 Å². The molecule has 2 rings (SSSR count). The van der Waals surface area contributed by atoms with Gasteiger partial charge in [-0.1, -0.05) is 11.6 Å². The zero-order chi connectivity index (χ0) is 20.0. The van der Waals surface area contributed by atoms with Crippen LogP contribution in [0.2, 0.25) is 5.02 Å². The Kier molecular flexibility index (Phi) is 6.90. The topological polar surface area (TPSA) is 99.9 Å². The SMILES string of the molecule is COc1ccc(OC)c([C@H](C)NC(=O)COC(=O)c2ccc(Cl)cc2N)c1. The lowest BCUT2D eigenvalue weighted by molar-refractivity contribution is -0.124. The number of nitrogens with two attached hydrogens (primary N) is 1. The summed E-state index contributed by atoms with van der Waals surface area (Å²) in [7, 11) is 3.09. The van der Waals surface area contributed by atoms with Crippen molar-refractivity contribution in [2.24, 2.45) is 0 Å². The lowest BCUT2D eigenvalue weighted by atomic mass is 10.1. The molecule has 2 aromatic carbocycles. The van der Waals surface area contributed by atoms with Crippen molar-refractivity contribution in [3.63, 3.8) is 0 Å². The summed E-state index contributed by atoms with van der Waals surface area (Å²) in [5.74, 6) is 0.0743. The summed E-state index contributed by atoms with van der Waals surface area (Å²) in [6.45, 7) is 1.34. The zero-order valence-corrected chi connectivity index (χ0v) is 16.0. The number of esters is 1. The number of carbonyl (C=O) groups is 2. The van der Waals surface area contributed by atoms with E-state index in [0.717, 1.165) is 5.56 Å². The first-order valence-corrected chi connectivity index (χ1v) is 8.47. The molecule has 0 saturated carbocycles. The molecule has 0 aliphatic heterocycles. The van der Waals surface area contributed by atoms with Crippen LogP contribution in [0.15, 0.2) is 36.4 Å². The largest absolute Gasteiger partial charge is 0.497 e. The highest BCUT2D eigenvalue weighted by molar-refractivity contribution is 6.31. The van der Waals surface area contributed by atoms with E-state index in [4.69, 9.17) is 31.5 Å². The van der Waals surface area contributed by atoms with Crippen LogP contribution in [-0.2, 0) is 9.53 Å². The molecular formula is C19H21ClN2O5. The molecule has 0 bridgehead atoms. The van der Waals surface area contributed by atoms with Crippen LogP contribution in [0.25, 0.3) is 0 Å². The van der Waals surface area contributed by atoms with Gasteiger partial charge in [0.15, 0.2) is 6.61 Å². The van der Waals surface area contributed by atoms with E-state index in [9.17, 15) is 9.59 Å². The standard InChI is InChI=1S/C19H21ClN2O5/c1-11(15-9-13(25-2)5-7-17(15)26-3)22-18(23)10-27-19(24)14-6-4-12(20)8-16(14)21/h4-9,11H,10,21H2,1-3H3,(H,22,23)/t11-/m0/s1. The number of methoxy groups -OCH3 is 2. The highest BCUT2D eigenvalue weighted by Gasteiger charge is 2.17. The van der Waals surface area contributed by atoms with Gasteiger partial charge in [-0.3, -0.25) is 4.79 Å². The molecule has 2 aromatic rings. The van der Waals surface area contributed by atoms with Crippen molar-refractivity contribution in [1.29, 1.82) is 0 Å². The number of nitrogens with one attached hydrogen (secondary N) is 1. The van der Waals surface area contributed by atoms with Gasteiger partial charge >= 0.3 is 5.97 Å². The number of rotatable bonds is 7. The number of ether oxygens (including phenoxy) is 3. The maximum Gasteiger partial charge on any atom is 0.340 e. The van der Waals surface area contributed by atoms with E-state index >= 15 is 0 Å². The van der Waals surface area contributed by atoms with E-state index in [2.05, 4.69) is 5.32 Å². The minimum absolute atomic E-state index is 0.148. The Morgan fingerprint density at radius 3 is 2.52 bits per heavy atom. The molecule has 8 heteroatoms. The molecule has 0 aliphatic carbocycles. The first kappa shape index (κ1) is 20.4. The molecule has 0 saturated heterocycles. The van der Waals surface area contributed by atoms with Crippen molar-refractivity contribution in [3.05, 3.63) is 52.5 Å². The molecule has 0 radical (unpaired) electrons. The maximum absolute atomic E-state index is 12.1. The summed E-state index contributed by atoms with van der Waals surface area (Å²) in [6.07, 6.45) is 0. The van der Waals surface area contributed by atoms with E-state index in [1.54, 1.807) is 32.2 Å². The molecule has 7 nitrogen and oxygen atoms in total. The van der Waals surface area contributed by atoms with E-state index in [1.807, 2.05) is 0 Å². The number of benzene rings is 2. The fourth-order valence-corrected chi connectivity index (χ4v) is 2.65. The third kappa shape index (κ3) is 5.27. The Bertz CT molecular complexity index is 841. The quantitative estimate of drug-likeness (QED) is 0.555. The van der Waals surface area contributed by atoms with Gasteiger partial charge in [0.05, 0.1) is 25.8 Å². The van der Waals surface area contributed by atoms with Crippen molar-refractivity contribution < 1.29 is 23.8 Å². The molecule has 0 unspecified atom stereocenters. The molecule has 144 valence electrons. The number of hydrogen-bond donors (Lipinski definition) is 2. The van der Waals surface area contributed by atoms with Gasteiger partial charge in [-0.15, -0.1) is 0 Å². The summed E-state index contributed by atoms with van der Waals surface area (Å²) in [4.78, 5) is 24.2. The summed E-state index contributed by atoms with van der Waals surface area (Å²) in [5, 5.41) is 3.15. The third-order valence-corrected chi connectivity index (χ3v) is 4.08. The molecule has 0 heterocycles. The van der Waals surface area contributed by atoms with Crippen molar-refractivity contribution in [2.75, 3.05) is 26.6 Å². The molecule has 1 amide bonds. The van der Waals surface area contributed by atoms with Gasteiger partial charge in [-0.05, 0) is 43.3 Å². The first-order valence-electron chi connectivity index (χ1n) is 8.09. The van der Waals surface area contributed by atoms with E-state index in [-0.39, 0.29) is 17.3 Å². The number of carbonyl (C=O) groups excluding carboxylic acids is 2. The van der Waals surface area contributed by atoms with Crippen LogP contribution in [0.1, 0.15) is 28.9 Å². The second-order valence-corrected chi connectivity index (χ2v) is 6.14. The Morgan fingerprint density at radius 1 is 1.15 bits per heavy atom. The average Bonchev–Trinajstić information content (AvgIpc) is 2.65. The Hall–Kier alpha value is -2.93. The molecule has 1 atom stereocenters. The fraction of sp³-hybridized carbons (Fsp3) is 0.263. The van der Waals surface area contributed by atoms with Crippen LogP contribution in [0.5, 0.6) is 11.5 Å². The molecule has 0 spiro atoms. The predicted molar refractivity (Wildman–Crippen MR) is 102 cm³/mol. The van der Waals surface area contributed by atoms with Gasteiger partial charge in [-0.25, -0.2) is 4.79 Å². The smallest absolute Gasteiger partial charge is 0.340 e. The fourth-order valence-electron chi connectivity index (χ4n) is 2.47. The minimum atomic E-state index is -0.703. The number of hydrogen-bond acceptors (Lipinski definition) is 6. The van der Waals surface area contributed by atoms with Crippen LogP contribution in [-0.4, -0.2) is 32.7 Å². The second-order valence-electron chi connectivity index (χ2n) is 5.70. The summed E-state index contributed by atoms with van der Waals surface area (Å²) >= 11 is 5.80. The van der Waals surface area contributed by atoms with Crippen molar-refractivity contribution in [3.8, 4) is 11.5 Å². The number of anilines is 1. The first-order chi connectivity index (χ1) is 12.8. The molecule has 0 aromatic heterocycles. The number of amides is 1. The van der Waals surface area contributed by atoms with Gasteiger partial charge in [0, 0.05) is 16.3 Å². The second kappa shape index (κ2) is 9.14. The minimum Gasteiger partial charge on any atom is -0.497 e. The van der Waals surface area contributed by atoms with Crippen LogP contribution in [0, 0.1) is 0 Å². The average molecular weight is 393 g/mol. The van der Waals surface area contributed by atoms with Crippen LogP contribution < -0.4 is 20.5 Å². The highest BCUT2D eigenvalue weighted by atomic mass is 35.5. The van der Waals surface area contributed by atoms with Gasteiger partial charge in [0.1, 0.15) is 11.5 Å². The Balaban J connectivity index is 1.98. The lowest BCUT2D eigenvalue weighted by Crippen LogP contribution is -2.31. The van der Waals surface area contributed by atoms with Crippen LogP contribution >= 0.6 is 11.6 Å². The van der Waals surface area contributed by atoms with E-state index < -0.39 is 18.5 Å². The maximum atomic E-state index is 12.1. The highest BCUT2D eigenvalue weighted by Crippen LogP contribution is 2.29.